The van der Waals surface area contributed by atoms with Crippen LogP contribution in [0, 0.1) is 0 Å². The van der Waals surface area contributed by atoms with Crippen LogP contribution >= 0.6 is 35.0 Å². The first-order chi connectivity index (χ1) is 10.6. The Morgan fingerprint density at radius 3 is 2.77 bits per heavy atom. The van der Waals surface area contributed by atoms with Gasteiger partial charge in [0.15, 0.2) is 0 Å². The van der Waals surface area contributed by atoms with E-state index in [-0.39, 0.29) is 12.0 Å². The minimum Gasteiger partial charge on any atom is -0.372 e. The molecule has 1 fully saturated rings. The molecule has 1 unspecified atom stereocenters. The predicted octanol–water partition coefficient (Wildman–Crippen LogP) is 3.14. The molecule has 0 spiro atoms. The maximum absolute atomic E-state index is 10.3. The Kier molecular flexibility index (Phi) is 9.91. The molecule has 1 saturated heterocycles. The lowest BCUT2D eigenvalue weighted by Crippen LogP contribution is -2.19. The summed E-state index contributed by atoms with van der Waals surface area (Å²) in [6.07, 6.45) is 3.00. The number of carbonyl (C=O) groups excluding carboxylic acids is 1. The quantitative estimate of drug-likeness (QED) is 0.864. The summed E-state index contributed by atoms with van der Waals surface area (Å²) in [5.41, 5.74) is 1.10. The molecule has 0 radical (unpaired) electrons. The van der Waals surface area contributed by atoms with Gasteiger partial charge in [0.2, 0.25) is 5.91 Å². The summed E-state index contributed by atoms with van der Waals surface area (Å²) in [5.74, 6) is 0.656. The average Bonchev–Trinajstić information content (AvgIpc) is 2.80. The van der Waals surface area contributed by atoms with Crippen LogP contribution < -0.4 is 10.6 Å². The van der Waals surface area contributed by atoms with Crippen LogP contribution in [-0.4, -0.2) is 44.7 Å². The van der Waals surface area contributed by atoms with Gasteiger partial charge in [0, 0.05) is 13.6 Å². The molecule has 1 amide bonds. The highest BCUT2D eigenvalue weighted by molar-refractivity contribution is 7.99. The van der Waals surface area contributed by atoms with Crippen LogP contribution in [0.3, 0.4) is 0 Å². The Bertz CT molecular complexity index is 467. The molecule has 2 N–H and O–H groups in total. The number of nitrogens with one attached hydrogen (secondary N) is 2. The van der Waals surface area contributed by atoms with E-state index < -0.39 is 0 Å². The minimum atomic E-state index is 0.0903. The van der Waals surface area contributed by atoms with Crippen LogP contribution in [0.1, 0.15) is 18.1 Å². The van der Waals surface area contributed by atoms with E-state index in [0.717, 1.165) is 31.7 Å². The number of thioether (sulfide) groups is 1. The second-order valence-electron chi connectivity index (χ2n) is 4.68. The predicted molar refractivity (Wildman–Crippen MR) is 95.1 cm³/mol. The third kappa shape index (κ3) is 7.20. The smallest absolute Gasteiger partial charge is 0.229 e. The zero-order chi connectivity index (χ0) is 16.4. The van der Waals surface area contributed by atoms with Crippen LogP contribution in [0.2, 0.25) is 10.0 Å². The molecule has 0 aliphatic carbocycles. The molecule has 1 aromatic carbocycles. The van der Waals surface area contributed by atoms with E-state index in [1.54, 1.807) is 7.05 Å². The molecule has 1 aliphatic heterocycles. The highest BCUT2D eigenvalue weighted by atomic mass is 35.5. The van der Waals surface area contributed by atoms with Crippen LogP contribution in [0.15, 0.2) is 18.2 Å². The molecule has 2 rings (SSSR count). The molecule has 22 heavy (non-hydrogen) atoms. The van der Waals surface area contributed by atoms with Crippen molar-refractivity contribution in [3.63, 3.8) is 0 Å². The summed E-state index contributed by atoms with van der Waals surface area (Å²) in [6, 6.07) is 5.69. The monoisotopic (exact) mass is 364 g/mol. The lowest BCUT2D eigenvalue weighted by atomic mass is 10.1. The summed E-state index contributed by atoms with van der Waals surface area (Å²) in [5, 5.41) is 6.98. The third-order valence-electron chi connectivity index (χ3n) is 3.05. The maximum Gasteiger partial charge on any atom is 0.229 e. The number of hydrogen-bond acceptors (Lipinski definition) is 4. The number of halogens is 2. The highest BCUT2D eigenvalue weighted by Gasteiger charge is 2.15. The van der Waals surface area contributed by atoms with Crippen molar-refractivity contribution in [1.29, 1.82) is 0 Å². The summed E-state index contributed by atoms with van der Waals surface area (Å²) in [4.78, 5) is 10.3. The largest absolute Gasteiger partial charge is 0.372 e. The zero-order valence-corrected chi connectivity index (χ0v) is 15.2. The molecule has 1 aliphatic rings. The highest BCUT2D eigenvalue weighted by Crippen LogP contribution is 2.29. The van der Waals surface area contributed by atoms with Gasteiger partial charge >= 0.3 is 0 Å². The third-order valence-corrected chi connectivity index (χ3v) is 4.34. The number of rotatable bonds is 3. The van der Waals surface area contributed by atoms with E-state index >= 15 is 0 Å². The van der Waals surface area contributed by atoms with Crippen molar-refractivity contribution in [2.45, 2.75) is 12.5 Å². The molecule has 1 atom stereocenters. The lowest BCUT2D eigenvalue weighted by molar-refractivity contribution is -0.118. The maximum atomic E-state index is 10.3. The minimum absolute atomic E-state index is 0.0903. The van der Waals surface area contributed by atoms with Gasteiger partial charge in [-0.15, -0.1) is 0 Å². The van der Waals surface area contributed by atoms with Crippen LogP contribution in [0.4, 0.5) is 0 Å². The summed E-state index contributed by atoms with van der Waals surface area (Å²) in [6.45, 7) is 2.63. The van der Waals surface area contributed by atoms with Gasteiger partial charge in [0.1, 0.15) is 0 Å². The number of hydrogen-bond donors (Lipinski definition) is 2. The molecule has 1 aromatic rings. The molecule has 124 valence electrons. The van der Waals surface area contributed by atoms with Crippen molar-refractivity contribution >= 4 is 40.9 Å². The van der Waals surface area contributed by atoms with Crippen molar-refractivity contribution in [2.75, 3.05) is 38.8 Å². The van der Waals surface area contributed by atoms with Gasteiger partial charge < -0.3 is 15.4 Å². The number of benzene rings is 1. The van der Waals surface area contributed by atoms with Gasteiger partial charge in [-0.3, -0.25) is 4.79 Å². The van der Waals surface area contributed by atoms with Crippen LogP contribution in [0.5, 0.6) is 0 Å². The standard InChI is InChI=1S/C11H13Cl2NO.C4H9NOS/c12-9-2-1-8(7-10(9)13)11-3-4-14-5-6-15-11;1-5-4(6)3-7-2/h1-2,7,11,14H,3-6H2;3H2,1-2H3,(H,5,6). The van der Waals surface area contributed by atoms with Crippen molar-refractivity contribution < 1.29 is 9.53 Å². The number of amides is 1. The first kappa shape index (κ1) is 19.6. The fourth-order valence-electron chi connectivity index (χ4n) is 1.89. The molecular weight excluding hydrogens is 343 g/mol. The summed E-state index contributed by atoms with van der Waals surface area (Å²) in [7, 11) is 1.64. The molecule has 0 saturated carbocycles. The van der Waals surface area contributed by atoms with Gasteiger partial charge in [-0.25, -0.2) is 0 Å². The Morgan fingerprint density at radius 1 is 1.41 bits per heavy atom. The van der Waals surface area contributed by atoms with Gasteiger partial charge in [-0.05, 0) is 36.9 Å². The van der Waals surface area contributed by atoms with E-state index in [4.69, 9.17) is 27.9 Å². The average molecular weight is 365 g/mol. The fraction of sp³-hybridized carbons (Fsp3) is 0.533. The van der Waals surface area contributed by atoms with Crippen molar-refractivity contribution in [1.82, 2.24) is 10.6 Å². The molecule has 0 aromatic heterocycles. The molecule has 4 nitrogen and oxygen atoms in total. The van der Waals surface area contributed by atoms with E-state index in [9.17, 15) is 4.79 Å². The number of carbonyl (C=O) groups is 1. The molecule has 7 heteroatoms. The first-order valence-corrected chi connectivity index (χ1v) is 9.20. The summed E-state index contributed by atoms with van der Waals surface area (Å²) < 4.78 is 5.72. The molecule has 1 heterocycles. The Morgan fingerprint density at radius 2 is 2.18 bits per heavy atom. The SMILES string of the molecule is CNC(=O)CSC.Clc1ccc(C2CCNCCO2)cc1Cl. The normalized spacial score (nSPS) is 17.9. The van der Waals surface area contributed by atoms with E-state index in [1.165, 1.54) is 11.8 Å². The Balaban J connectivity index is 0.000000295. The number of ether oxygens (including phenoxy) is 1. The van der Waals surface area contributed by atoms with Crippen molar-refractivity contribution in [2.24, 2.45) is 0 Å². The van der Waals surface area contributed by atoms with E-state index in [1.807, 2.05) is 24.5 Å². The Labute approximate surface area is 146 Å². The lowest BCUT2D eigenvalue weighted by Gasteiger charge is -2.15. The second kappa shape index (κ2) is 11.1. The topological polar surface area (TPSA) is 50.4 Å². The molecular formula is C15H22Cl2N2O2S. The molecule has 0 bridgehead atoms. The Hall–Kier alpha value is -0.460. The van der Waals surface area contributed by atoms with E-state index in [0.29, 0.717) is 15.8 Å². The van der Waals surface area contributed by atoms with Gasteiger partial charge in [0.25, 0.3) is 0 Å². The van der Waals surface area contributed by atoms with Gasteiger partial charge in [-0.1, -0.05) is 29.3 Å². The van der Waals surface area contributed by atoms with Crippen LogP contribution in [-0.2, 0) is 9.53 Å². The van der Waals surface area contributed by atoms with Crippen LogP contribution in [0.25, 0.3) is 0 Å². The fourth-order valence-corrected chi connectivity index (χ4v) is 2.61. The zero-order valence-electron chi connectivity index (χ0n) is 12.8. The second-order valence-corrected chi connectivity index (χ2v) is 6.36. The first-order valence-electron chi connectivity index (χ1n) is 7.05. The van der Waals surface area contributed by atoms with Crippen molar-refractivity contribution in [3.8, 4) is 0 Å². The summed E-state index contributed by atoms with van der Waals surface area (Å²) >= 11 is 13.4. The van der Waals surface area contributed by atoms with Gasteiger partial charge in [0.05, 0.1) is 28.5 Å². The van der Waals surface area contributed by atoms with Crippen molar-refractivity contribution in [3.05, 3.63) is 33.8 Å². The van der Waals surface area contributed by atoms with Gasteiger partial charge in [-0.2, -0.15) is 11.8 Å². The van der Waals surface area contributed by atoms with E-state index in [2.05, 4.69) is 10.6 Å².